The molecule has 174 valence electrons. The first-order valence-electron chi connectivity index (χ1n) is 10.9. The first-order chi connectivity index (χ1) is 15.9. The van der Waals surface area contributed by atoms with Crippen LogP contribution in [0.3, 0.4) is 0 Å². The third kappa shape index (κ3) is 4.93. The quantitative estimate of drug-likeness (QED) is 0.498. The Morgan fingerprint density at radius 3 is 2.67 bits per heavy atom. The minimum atomic E-state index is -1.02. The summed E-state index contributed by atoms with van der Waals surface area (Å²) in [5.41, 5.74) is 5.07. The predicted molar refractivity (Wildman–Crippen MR) is 123 cm³/mol. The van der Waals surface area contributed by atoms with Crippen molar-refractivity contribution in [1.29, 1.82) is 0 Å². The first kappa shape index (κ1) is 22.6. The topological polar surface area (TPSA) is 139 Å². The van der Waals surface area contributed by atoms with Crippen LogP contribution in [0.2, 0.25) is 0 Å². The predicted octanol–water partition coefficient (Wildman–Crippen LogP) is 2.19. The standard InChI is InChI=1S/C24H27N3O6/c1-32-15-6-5-14-9-18(24(31)26-19(14)10-15)17(12-21(25)29)23-22(30)20(28)11-16(33-23)13-27-7-3-2-4-8-27/h5-6,9-11,17,30H,2-4,7-8,12-13H2,1H3,(H2,25,29)(H,26,31). The number of aromatic amines is 1. The average molecular weight is 453 g/mol. The smallest absolute Gasteiger partial charge is 0.252 e. The zero-order valence-corrected chi connectivity index (χ0v) is 18.4. The highest BCUT2D eigenvalue weighted by Crippen LogP contribution is 2.33. The van der Waals surface area contributed by atoms with Crippen molar-refractivity contribution < 1.29 is 19.1 Å². The maximum atomic E-state index is 13.0. The van der Waals surface area contributed by atoms with E-state index in [0.717, 1.165) is 25.9 Å². The highest BCUT2D eigenvalue weighted by atomic mass is 16.5. The number of pyridine rings is 1. The third-order valence-corrected chi connectivity index (χ3v) is 6.01. The molecule has 1 aliphatic heterocycles. The van der Waals surface area contributed by atoms with Gasteiger partial charge >= 0.3 is 0 Å². The number of ether oxygens (including phenoxy) is 1. The summed E-state index contributed by atoms with van der Waals surface area (Å²) in [5.74, 6) is -1.53. The van der Waals surface area contributed by atoms with E-state index < -0.39 is 28.6 Å². The van der Waals surface area contributed by atoms with Crippen LogP contribution in [0.4, 0.5) is 0 Å². The van der Waals surface area contributed by atoms with Gasteiger partial charge in [-0.1, -0.05) is 6.42 Å². The zero-order valence-electron chi connectivity index (χ0n) is 18.4. The average Bonchev–Trinajstić information content (AvgIpc) is 2.79. The minimum Gasteiger partial charge on any atom is -0.502 e. The summed E-state index contributed by atoms with van der Waals surface area (Å²) in [5, 5.41) is 11.2. The highest BCUT2D eigenvalue weighted by Gasteiger charge is 2.28. The Morgan fingerprint density at radius 2 is 1.97 bits per heavy atom. The van der Waals surface area contributed by atoms with Gasteiger partial charge in [-0.25, -0.2) is 0 Å². The molecular weight excluding hydrogens is 426 g/mol. The van der Waals surface area contributed by atoms with Gasteiger partial charge in [0.1, 0.15) is 11.5 Å². The largest absolute Gasteiger partial charge is 0.502 e. The molecule has 0 radical (unpaired) electrons. The molecule has 3 heterocycles. The molecule has 4 rings (SSSR count). The lowest BCUT2D eigenvalue weighted by molar-refractivity contribution is -0.118. The number of hydrogen-bond acceptors (Lipinski definition) is 7. The van der Waals surface area contributed by atoms with Crippen molar-refractivity contribution in [3.63, 3.8) is 0 Å². The van der Waals surface area contributed by atoms with E-state index >= 15 is 0 Å². The number of aromatic hydroxyl groups is 1. The van der Waals surface area contributed by atoms with Crippen molar-refractivity contribution in [1.82, 2.24) is 9.88 Å². The number of nitrogens with zero attached hydrogens (tertiary/aromatic N) is 1. The van der Waals surface area contributed by atoms with Crippen LogP contribution in [0.1, 0.15) is 48.7 Å². The summed E-state index contributed by atoms with van der Waals surface area (Å²) in [6, 6.07) is 8.05. The lowest BCUT2D eigenvalue weighted by atomic mass is 9.92. The second kappa shape index (κ2) is 9.50. The fourth-order valence-electron chi connectivity index (χ4n) is 4.33. The zero-order chi connectivity index (χ0) is 23.5. The van der Waals surface area contributed by atoms with E-state index in [1.807, 2.05) is 0 Å². The SMILES string of the molecule is COc1ccc2cc(C(CC(N)=O)c3oc(CN4CCCCC4)cc(=O)c3O)c(=O)[nH]c2c1. The van der Waals surface area contributed by atoms with E-state index in [1.165, 1.54) is 19.6 Å². The summed E-state index contributed by atoms with van der Waals surface area (Å²) < 4.78 is 11.1. The maximum absolute atomic E-state index is 13.0. The van der Waals surface area contributed by atoms with Gasteiger partial charge in [-0.15, -0.1) is 0 Å². The molecule has 4 N–H and O–H groups in total. The molecule has 1 fully saturated rings. The van der Waals surface area contributed by atoms with Crippen LogP contribution in [0, 0.1) is 0 Å². The molecule has 1 aliphatic rings. The molecule has 1 amide bonds. The Labute approximate surface area is 189 Å². The molecule has 9 heteroatoms. The third-order valence-electron chi connectivity index (χ3n) is 6.01. The van der Waals surface area contributed by atoms with E-state index in [-0.39, 0.29) is 17.7 Å². The fraction of sp³-hybridized carbons (Fsp3) is 0.375. The van der Waals surface area contributed by atoms with E-state index in [0.29, 0.717) is 29.0 Å². The van der Waals surface area contributed by atoms with Crippen LogP contribution in [0.15, 0.2) is 44.3 Å². The molecule has 3 aromatic rings. The Hall–Kier alpha value is -3.59. The Morgan fingerprint density at radius 1 is 1.21 bits per heavy atom. The number of aromatic nitrogens is 1. The van der Waals surface area contributed by atoms with Gasteiger partial charge in [0, 0.05) is 24.1 Å². The van der Waals surface area contributed by atoms with Crippen LogP contribution in [0.5, 0.6) is 11.5 Å². The summed E-state index contributed by atoms with van der Waals surface area (Å²) in [7, 11) is 1.53. The molecule has 1 saturated heterocycles. The summed E-state index contributed by atoms with van der Waals surface area (Å²) >= 11 is 0. The number of hydrogen-bond donors (Lipinski definition) is 3. The van der Waals surface area contributed by atoms with E-state index in [9.17, 15) is 19.5 Å². The lowest BCUT2D eigenvalue weighted by Gasteiger charge is -2.26. The monoisotopic (exact) mass is 453 g/mol. The van der Waals surface area contributed by atoms with Crippen LogP contribution >= 0.6 is 0 Å². The van der Waals surface area contributed by atoms with Gasteiger partial charge in [0.25, 0.3) is 5.56 Å². The molecule has 2 aromatic heterocycles. The van der Waals surface area contributed by atoms with Crippen LogP contribution in [0.25, 0.3) is 10.9 Å². The number of nitrogens with one attached hydrogen (secondary N) is 1. The van der Waals surface area contributed by atoms with Crippen LogP contribution < -0.4 is 21.5 Å². The Balaban J connectivity index is 1.80. The maximum Gasteiger partial charge on any atom is 0.252 e. The number of H-pyrrole nitrogens is 1. The lowest BCUT2D eigenvalue weighted by Crippen LogP contribution is -2.29. The van der Waals surface area contributed by atoms with E-state index in [2.05, 4.69) is 9.88 Å². The number of carbonyl (C=O) groups excluding carboxylic acids is 1. The normalized spacial score (nSPS) is 15.4. The summed E-state index contributed by atoms with van der Waals surface area (Å²) in [6.45, 7) is 2.18. The number of nitrogens with two attached hydrogens (primary N) is 1. The van der Waals surface area contributed by atoms with Crippen molar-refractivity contribution in [3.8, 4) is 11.5 Å². The van der Waals surface area contributed by atoms with Gasteiger partial charge < -0.3 is 25.0 Å². The van der Waals surface area contributed by atoms with Crippen molar-refractivity contribution >= 4 is 16.8 Å². The molecule has 1 aromatic carbocycles. The van der Waals surface area contributed by atoms with Gasteiger partial charge in [0.2, 0.25) is 17.1 Å². The number of methoxy groups -OCH3 is 1. The molecule has 33 heavy (non-hydrogen) atoms. The molecular formula is C24H27N3O6. The summed E-state index contributed by atoms with van der Waals surface area (Å²) in [4.78, 5) is 42.4. The number of primary amides is 1. The molecule has 0 bridgehead atoms. The number of fused-ring (bicyclic) bond motifs is 1. The second-order valence-electron chi connectivity index (χ2n) is 8.36. The van der Waals surface area contributed by atoms with Gasteiger partial charge in [-0.3, -0.25) is 19.3 Å². The second-order valence-corrected chi connectivity index (χ2v) is 8.36. The summed E-state index contributed by atoms with van der Waals surface area (Å²) in [6.07, 6.45) is 2.99. The number of likely N-dealkylation sites (tertiary alicyclic amines) is 1. The van der Waals surface area contributed by atoms with Gasteiger partial charge in [-0.2, -0.15) is 0 Å². The number of carbonyl (C=O) groups is 1. The van der Waals surface area contributed by atoms with E-state index in [1.54, 1.807) is 24.3 Å². The van der Waals surface area contributed by atoms with E-state index in [4.69, 9.17) is 14.9 Å². The number of benzene rings is 1. The van der Waals surface area contributed by atoms with Crippen LogP contribution in [-0.4, -0.2) is 41.1 Å². The molecule has 9 nitrogen and oxygen atoms in total. The van der Waals surface area contributed by atoms with Crippen molar-refractivity contribution in [3.05, 3.63) is 68.0 Å². The molecule has 0 saturated carbocycles. The number of piperidine rings is 1. The fourth-order valence-corrected chi connectivity index (χ4v) is 4.33. The van der Waals surface area contributed by atoms with Crippen molar-refractivity contribution in [2.45, 2.75) is 38.1 Å². The molecule has 1 unspecified atom stereocenters. The van der Waals surface area contributed by atoms with Gasteiger partial charge in [0.05, 0.1) is 25.1 Å². The molecule has 0 aliphatic carbocycles. The number of rotatable bonds is 7. The highest BCUT2D eigenvalue weighted by molar-refractivity contribution is 5.81. The van der Waals surface area contributed by atoms with Crippen molar-refractivity contribution in [2.75, 3.05) is 20.2 Å². The first-order valence-corrected chi connectivity index (χ1v) is 10.9. The van der Waals surface area contributed by atoms with Crippen LogP contribution in [-0.2, 0) is 11.3 Å². The van der Waals surface area contributed by atoms with Gasteiger partial charge in [0.15, 0.2) is 5.76 Å². The Bertz CT molecular complexity index is 1290. The minimum absolute atomic E-state index is 0.133. The molecule has 1 atom stereocenters. The molecule has 0 spiro atoms. The van der Waals surface area contributed by atoms with Crippen molar-refractivity contribution in [2.24, 2.45) is 5.73 Å². The Kier molecular flexibility index (Phi) is 6.50. The number of amides is 1. The van der Waals surface area contributed by atoms with Gasteiger partial charge in [-0.05, 0) is 49.5 Å².